The number of benzene rings is 1. The van der Waals surface area contributed by atoms with E-state index in [0.717, 1.165) is 29.8 Å². The summed E-state index contributed by atoms with van der Waals surface area (Å²) in [6.45, 7) is 3.19. The molecular weight excluding hydrogens is 230 g/mol. The quantitative estimate of drug-likeness (QED) is 0.702. The number of anilines is 2. The minimum Gasteiger partial charge on any atom is -0.465 e. The fraction of sp³-hybridized carbons (Fsp3) is 0.462. The van der Waals surface area contributed by atoms with Crippen LogP contribution in [0.4, 0.5) is 16.2 Å². The van der Waals surface area contributed by atoms with Crippen molar-refractivity contribution < 1.29 is 9.90 Å². The minimum absolute atomic E-state index is 0.296. The number of hydrogen-bond donors (Lipinski definition) is 3. The van der Waals surface area contributed by atoms with Gasteiger partial charge in [0.25, 0.3) is 0 Å². The molecule has 18 heavy (non-hydrogen) atoms. The maximum atomic E-state index is 10.8. The lowest BCUT2D eigenvalue weighted by Crippen LogP contribution is -2.41. The van der Waals surface area contributed by atoms with Crippen molar-refractivity contribution in [2.24, 2.45) is 0 Å². The summed E-state index contributed by atoms with van der Waals surface area (Å²) >= 11 is 0. The largest absolute Gasteiger partial charge is 0.465 e. The van der Waals surface area contributed by atoms with Crippen molar-refractivity contribution in [1.82, 2.24) is 4.90 Å². The Kier molecular flexibility index (Phi) is 3.60. The number of piperidine rings is 1. The summed E-state index contributed by atoms with van der Waals surface area (Å²) in [6, 6.07) is 6.20. The van der Waals surface area contributed by atoms with Crippen LogP contribution in [0.1, 0.15) is 18.4 Å². The molecule has 0 aliphatic carbocycles. The van der Waals surface area contributed by atoms with Crippen LogP contribution >= 0.6 is 0 Å². The third-order valence-electron chi connectivity index (χ3n) is 3.33. The maximum Gasteiger partial charge on any atom is 0.407 e. The Labute approximate surface area is 107 Å². The van der Waals surface area contributed by atoms with E-state index in [1.54, 1.807) is 0 Å². The first-order valence-electron chi connectivity index (χ1n) is 6.17. The summed E-state index contributed by atoms with van der Waals surface area (Å²) < 4.78 is 0. The standard InChI is InChI=1S/C13H19N3O2/c1-9-2-3-11(14)12(8-9)15-10-4-6-16(7-5-10)13(17)18/h2-3,8,10,15H,4-7,14H2,1H3,(H,17,18). The van der Waals surface area contributed by atoms with Crippen LogP contribution in [0.15, 0.2) is 18.2 Å². The monoisotopic (exact) mass is 249 g/mol. The molecular formula is C13H19N3O2. The lowest BCUT2D eigenvalue weighted by Gasteiger charge is -2.31. The van der Waals surface area contributed by atoms with Crippen molar-refractivity contribution in [2.45, 2.75) is 25.8 Å². The van der Waals surface area contributed by atoms with E-state index in [9.17, 15) is 4.79 Å². The van der Waals surface area contributed by atoms with Crippen molar-refractivity contribution in [2.75, 3.05) is 24.1 Å². The van der Waals surface area contributed by atoms with E-state index in [1.807, 2.05) is 25.1 Å². The van der Waals surface area contributed by atoms with E-state index in [0.29, 0.717) is 19.1 Å². The van der Waals surface area contributed by atoms with Crippen LogP contribution in [0.25, 0.3) is 0 Å². The Morgan fingerprint density at radius 3 is 2.72 bits per heavy atom. The van der Waals surface area contributed by atoms with Crippen LogP contribution in [0.3, 0.4) is 0 Å². The molecule has 5 heteroatoms. The molecule has 1 heterocycles. The molecule has 0 bridgehead atoms. The summed E-state index contributed by atoms with van der Waals surface area (Å²) in [4.78, 5) is 12.3. The molecule has 1 aromatic rings. The molecule has 1 aliphatic rings. The molecule has 1 fully saturated rings. The second-order valence-electron chi connectivity index (χ2n) is 4.78. The Morgan fingerprint density at radius 2 is 2.11 bits per heavy atom. The number of amides is 1. The van der Waals surface area contributed by atoms with Crippen LogP contribution in [0.5, 0.6) is 0 Å². The van der Waals surface area contributed by atoms with E-state index in [2.05, 4.69) is 5.32 Å². The Bertz CT molecular complexity index is 440. The first-order chi connectivity index (χ1) is 8.56. The van der Waals surface area contributed by atoms with E-state index < -0.39 is 6.09 Å². The molecule has 2 rings (SSSR count). The van der Waals surface area contributed by atoms with Gasteiger partial charge in [-0.2, -0.15) is 0 Å². The van der Waals surface area contributed by atoms with Crippen molar-refractivity contribution in [1.29, 1.82) is 0 Å². The van der Waals surface area contributed by atoms with E-state index in [1.165, 1.54) is 4.90 Å². The number of nitrogens with zero attached hydrogens (tertiary/aromatic N) is 1. The highest BCUT2D eigenvalue weighted by Crippen LogP contribution is 2.23. The molecule has 1 aromatic carbocycles. The van der Waals surface area contributed by atoms with E-state index in [-0.39, 0.29) is 0 Å². The number of nitrogen functional groups attached to an aromatic ring is 1. The van der Waals surface area contributed by atoms with Gasteiger partial charge in [-0.1, -0.05) is 6.07 Å². The van der Waals surface area contributed by atoms with Gasteiger partial charge in [-0.05, 0) is 37.5 Å². The number of carbonyl (C=O) groups is 1. The number of carboxylic acid groups (broad SMARTS) is 1. The molecule has 5 nitrogen and oxygen atoms in total. The number of nitrogens with two attached hydrogens (primary N) is 1. The Morgan fingerprint density at radius 1 is 1.44 bits per heavy atom. The zero-order valence-electron chi connectivity index (χ0n) is 10.5. The average molecular weight is 249 g/mol. The highest BCUT2D eigenvalue weighted by molar-refractivity contribution is 5.67. The third kappa shape index (κ3) is 2.85. The number of nitrogens with one attached hydrogen (secondary N) is 1. The first kappa shape index (κ1) is 12.5. The zero-order chi connectivity index (χ0) is 13.1. The number of likely N-dealkylation sites (tertiary alicyclic amines) is 1. The second-order valence-corrected chi connectivity index (χ2v) is 4.78. The van der Waals surface area contributed by atoms with Gasteiger partial charge < -0.3 is 21.1 Å². The smallest absolute Gasteiger partial charge is 0.407 e. The lowest BCUT2D eigenvalue weighted by atomic mass is 10.0. The molecule has 1 saturated heterocycles. The highest BCUT2D eigenvalue weighted by Gasteiger charge is 2.22. The normalized spacial score (nSPS) is 16.6. The van der Waals surface area contributed by atoms with Gasteiger partial charge in [0.1, 0.15) is 0 Å². The molecule has 1 aliphatic heterocycles. The maximum absolute atomic E-state index is 10.8. The number of aryl methyl sites for hydroxylation is 1. The number of rotatable bonds is 2. The van der Waals surface area contributed by atoms with Gasteiger partial charge >= 0.3 is 6.09 Å². The summed E-state index contributed by atoms with van der Waals surface area (Å²) in [5.41, 5.74) is 8.76. The molecule has 4 N–H and O–H groups in total. The minimum atomic E-state index is -0.830. The summed E-state index contributed by atoms with van der Waals surface area (Å²) in [6.07, 6.45) is 0.808. The first-order valence-corrected chi connectivity index (χ1v) is 6.17. The Balaban J connectivity index is 1.95. The second kappa shape index (κ2) is 5.16. The van der Waals surface area contributed by atoms with Gasteiger partial charge in [0.15, 0.2) is 0 Å². The fourth-order valence-corrected chi connectivity index (χ4v) is 2.23. The van der Waals surface area contributed by atoms with Crippen molar-refractivity contribution in [3.8, 4) is 0 Å². The van der Waals surface area contributed by atoms with Gasteiger partial charge in [0.2, 0.25) is 0 Å². The van der Waals surface area contributed by atoms with Crippen LogP contribution < -0.4 is 11.1 Å². The van der Waals surface area contributed by atoms with Gasteiger partial charge in [-0.25, -0.2) is 4.79 Å². The van der Waals surface area contributed by atoms with Gasteiger partial charge in [-0.15, -0.1) is 0 Å². The molecule has 0 radical (unpaired) electrons. The predicted octanol–water partition coefficient (Wildman–Crippen LogP) is 2.13. The summed E-state index contributed by atoms with van der Waals surface area (Å²) in [5, 5.41) is 12.3. The molecule has 0 spiro atoms. The topological polar surface area (TPSA) is 78.6 Å². The van der Waals surface area contributed by atoms with Gasteiger partial charge in [0.05, 0.1) is 11.4 Å². The fourth-order valence-electron chi connectivity index (χ4n) is 2.23. The highest BCUT2D eigenvalue weighted by atomic mass is 16.4. The van der Waals surface area contributed by atoms with Crippen LogP contribution in [-0.2, 0) is 0 Å². The van der Waals surface area contributed by atoms with Crippen LogP contribution in [0, 0.1) is 6.92 Å². The van der Waals surface area contributed by atoms with E-state index in [4.69, 9.17) is 10.8 Å². The molecule has 0 atom stereocenters. The summed E-state index contributed by atoms with van der Waals surface area (Å²) in [7, 11) is 0. The van der Waals surface area contributed by atoms with Gasteiger partial charge in [0, 0.05) is 19.1 Å². The number of hydrogen-bond acceptors (Lipinski definition) is 3. The summed E-state index contributed by atoms with van der Waals surface area (Å²) in [5.74, 6) is 0. The molecule has 1 amide bonds. The van der Waals surface area contributed by atoms with Crippen LogP contribution in [0.2, 0.25) is 0 Å². The van der Waals surface area contributed by atoms with Crippen LogP contribution in [-0.4, -0.2) is 35.2 Å². The Hall–Kier alpha value is -1.91. The van der Waals surface area contributed by atoms with Crippen molar-refractivity contribution in [3.63, 3.8) is 0 Å². The van der Waals surface area contributed by atoms with Gasteiger partial charge in [-0.3, -0.25) is 0 Å². The SMILES string of the molecule is Cc1ccc(N)c(NC2CCN(C(=O)O)CC2)c1. The predicted molar refractivity (Wildman–Crippen MR) is 71.8 cm³/mol. The molecule has 0 aromatic heterocycles. The molecule has 0 unspecified atom stereocenters. The molecule has 0 saturated carbocycles. The third-order valence-corrected chi connectivity index (χ3v) is 3.33. The zero-order valence-corrected chi connectivity index (χ0v) is 10.5. The van der Waals surface area contributed by atoms with E-state index >= 15 is 0 Å². The lowest BCUT2D eigenvalue weighted by molar-refractivity contribution is 0.134. The average Bonchev–Trinajstić information content (AvgIpc) is 2.34. The molecule has 98 valence electrons. The van der Waals surface area contributed by atoms with Crippen molar-refractivity contribution in [3.05, 3.63) is 23.8 Å². The van der Waals surface area contributed by atoms with Crippen molar-refractivity contribution >= 4 is 17.5 Å².